The van der Waals surface area contributed by atoms with Crippen molar-refractivity contribution >= 4 is 11.8 Å². The number of halogens is 3. The minimum absolute atomic E-state index is 0.111. The Hall–Kier alpha value is -2.83. The van der Waals surface area contributed by atoms with Crippen molar-refractivity contribution in [2.75, 3.05) is 13.6 Å². The van der Waals surface area contributed by atoms with E-state index >= 15 is 0 Å². The Bertz CT molecular complexity index is 944. The van der Waals surface area contributed by atoms with Gasteiger partial charge in [-0.1, -0.05) is 42.5 Å². The normalized spacial score (nSPS) is 25.9. The predicted octanol–water partition coefficient (Wildman–Crippen LogP) is 4.53. The summed E-state index contributed by atoms with van der Waals surface area (Å²) < 4.78 is 38.7. The first kappa shape index (κ1) is 21.4. The molecule has 0 spiro atoms. The van der Waals surface area contributed by atoms with Crippen molar-refractivity contribution in [1.29, 1.82) is 0 Å². The summed E-state index contributed by atoms with van der Waals surface area (Å²) in [6, 6.07) is 14.4. The van der Waals surface area contributed by atoms with E-state index in [0.29, 0.717) is 30.4 Å². The van der Waals surface area contributed by atoms with Crippen molar-refractivity contribution < 1.29 is 22.8 Å². The Morgan fingerprint density at radius 3 is 2.39 bits per heavy atom. The number of carbonyl (C=O) groups is 2. The Morgan fingerprint density at radius 2 is 1.74 bits per heavy atom. The standard InChI is InChI=1S/C24H25F3N2O2/c1-29-21(30)12-11-19(22(29)16-7-9-18(10-8-16)24(25,26)27)23(31)28-14-17-13-20(17)15-5-3-2-4-6-15/h2-10,17,19-20,22H,11-14H2,1H3,(H,28,31). The molecule has 0 radical (unpaired) electrons. The van der Waals surface area contributed by atoms with Crippen LogP contribution in [0.15, 0.2) is 54.6 Å². The van der Waals surface area contributed by atoms with Gasteiger partial charge in [0.15, 0.2) is 0 Å². The van der Waals surface area contributed by atoms with Gasteiger partial charge in [0.2, 0.25) is 11.8 Å². The van der Waals surface area contributed by atoms with Crippen molar-refractivity contribution in [2.24, 2.45) is 11.8 Å². The molecule has 1 aliphatic heterocycles. The lowest BCUT2D eigenvalue weighted by molar-refractivity contribution is -0.142. The monoisotopic (exact) mass is 430 g/mol. The summed E-state index contributed by atoms with van der Waals surface area (Å²) >= 11 is 0. The molecule has 4 unspecified atom stereocenters. The molecule has 4 nitrogen and oxygen atoms in total. The SMILES string of the molecule is CN1C(=O)CCC(C(=O)NCC2CC2c2ccccc2)C1c1ccc(C(F)(F)F)cc1. The Kier molecular flexibility index (Phi) is 5.77. The number of hydrogen-bond donors (Lipinski definition) is 1. The Labute approximate surface area is 179 Å². The number of amides is 2. The van der Waals surface area contributed by atoms with Gasteiger partial charge in [0, 0.05) is 20.0 Å². The number of rotatable bonds is 5. The van der Waals surface area contributed by atoms with E-state index in [2.05, 4.69) is 17.4 Å². The molecule has 1 saturated carbocycles. The lowest BCUT2D eigenvalue weighted by atomic mass is 9.83. The summed E-state index contributed by atoms with van der Waals surface area (Å²) in [4.78, 5) is 26.8. The lowest BCUT2D eigenvalue weighted by Crippen LogP contribution is -2.46. The maximum atomic E-state index is 13.0. The first-order valence-electron chi connectivity index (χ1n) is 10.5. The van der Waals surface area contributed by atoms with Crippen LogP contribution in [-0.4, -0.2) is 30.3 Å². The predicted molar refractivity (Wildman–Crippen MR) is 110 cm³/mol. The third-order valence-corrected chi connectivity index (χ3v) is 6.47. The van der Waals surface area contributed by atoms with E-state index < -0.39 is 23.7 Å². The van der Waals surface area contributed by atoms with E-state index in [9.17, 15) is 22.8 Å². The van der Waals surface area contributed by atoms with Crippen LogP contribution in [0.4, 0.5) is 13.2 Å². The summed E-state index contributed by atoms with van der Waals surface area (Å²) in [5.74, 6) is 0.0817. The van der Waals surface area contributed by atoms with E-state index in [1.165, 1.54) is 22.6 Å². The minimum atomic E-state index is -4.43. The fourth-order valence-electron chi connectivity index (χ4n) is 4.58. The molecule has 0 aromatic heterocycles. The van der Waals surface area contributed by atoms with E-state index in [0.717, 1.165) is 18.6 Å². The average molecular weight is 430 g/mol. The molecule has 164 valence electrons. The van der Waals surface area contributed by atoms with E-state index in [1.807, 2.05) is 18.2 Å². The van der Waals surface area contributed by atoms with Crippen LogP contribution in [0.5, 0.6) is 0 Å². The van der Waals surface area contributed by atoms with Crippen LogP contribution in [0.2, 0.25) is 0 Å². The quantitative estimate of drug-likeness (QED) is 0.758. The molecule has 2 aromatic carbocycles. The highest BCUT2D eigenvalue weighted by Crippen LogP contribution is 2.47. The fourth-order valence-corrected chi connectivity index (χ4v) is 4.58. The molecule has 2 amide bonds. The third-order valence-electron chi connectivity index (χ3n) is 6.47. The zero-order chi connectivity index (χ0) is 22.2. The number of piperidine rings is 1. The molecule has 4 atom stereocenters. The van der Waals surface area contributed by atoms with Crippen LogP contribution in [0.3, 0.4) is 0 Å². The summed E-state index contributed by atoms with van der Waals surface area (Å²) in [5, 5.41) is 3.03. The fraction of sp³-hybridized carbons (Fsp3) is 0.417. The molecule has 0 bridgehead atoms. The molecular formula is C24H25F3N2O2. The van der Waals surface area contributed by atoms with Crippen LogP contribution in [0, 0.1) is 11.8 Å². The summed E-state index contributed by atoms with van der Waals surface area (Å²) in [7, 11) is 1.61. The Morgan fingerprint density at radius 1 is 1.06 bits per heavy atom. The number of nitrogens with zero attached hydrogens (tertiary/aromatic N) is 1. The molecular weight excluding hydrogens is 405 g/mol. The van der Waals surface area contributed by atoms with Crippen LogP contribution in [-0.2, 0) is 15.8 Å². The summed E-state index contributed by atoms with van der Waals surface area (Å²) in [5.41, 5.74) is 1.06. The van der Waals surface area contributed by atoms with Gasteiger partial charge in [-0.05, 0) is 47.9 Å². The zero-order valence-corrected chi connectivity index (χ0v) is 17.2. The van der Waals surface area contributed by atoms with Crippen molar-refractivity contribution in [3.63, 3.8) is 0 Å². The van der Waals surface area contributed by atoms with E-state index in [-0.39, 0.29) is 18.2 Å². The minimum Gasteiger partial charge on any atom is -0.355 e. The van der Waals surface area contributed by atoms with Gasteiger partial charge in [-0.15, -0.1) is 0 Å². The van der Waals surface area contributed by atoms with Gasteiger partial charge in [-0.25, -0.2) is 0 Å². The third kappa shape index (κ3) is 4.60. The highest BCUT2D eigenvalue weighted by Gasteiger charge is 2.42. The second-order valence-corrected chi connectivity index (χ2v) is 8.47. The average Bonchev–Trinajstić information content (AvgIpc) is 3.54. The van der Waals surface area contributed by atoms with E-state index in [4.69, 9.17) is 0 Å². The van der Waals surface area contributed by atoms with Crippen LogP contribution >= 0.6 is 0 Å². The van der Waals surface area contributed by atoms with Gasteiger partial charge in [0.1, 0.15) is 0 Å². The maximum Gasteiger partial charge on any atom is 0.416 e. The highest BCUT2D eigenvalue weighted by atomic mass is 19.4. The molecule has 7 heteroatoms. The molecule has 1 N–H and O–H groups in total. The molecule has 1 saturated heterocycles. The lowest BCUT2D eigenvalue weighted by Gasteiger charge is -2.38. The van der Waals surface area contributed by atoms with Crippen molar-refractivity contribution in [3.05, 3.63) is 71.3 Å². The number of carbonyl (C=O) groups excluding carboxylic acids is 2. The van der Waals surface area contributed by atoms with Crippen LogP contribution in [0.25, 0.3) is 0 Å². The van der Waals surface area contributed by atoms with Gasteiger partial charge in [0.25, 0.3) is 0 Å². The second-order valence-electron chi connectivity index (χ2n) is 8.47. The first-order chi connectivity index (χ1) is 14.8. The largest absolute Gasteiger partial charge is 0.416 e. The molecule has 2 fully saturated rings. The number of alkyl halides is 3. The summed E-state index contributed by atoms with van der Waals surface area (Å²) in [6.45, 7) is 0.562. The summed E-state index contributed by atoms with van der Waals surface area (Å²) in [6.07, 6.45) is -2.77. The number of nitrogens with one attached hydrogen (secondary N) is 1. The van der Waals surface area contributed by atoms with Crippen LogP contribution < -0.4 is 5.32 Å². The molecule has 2 aliphatic rings. The van der Waals surface area contributed by atoms with Crippen molar-refractivity contribution in [1.82, 2.24) is 10.2 Å². The van der Waals surface area contributed by atoms with Gasteiger partial charge in [0.05, 0.1) is 17.5 Å². The van der Waals surface area contributed by atoms with Gasteiger partial charge < -0.3 is 10.2 Å². The van der Waals surface area contributed by atoms with Crippen LogP contribution in [0.1, 0.15) is 47.9 Å². The Balaban J connectivity index is 1.44. The van der Waals surface area contributed by atoms with Gasteiger partial charge >= 0.3 is 6.18 Å². The number of hydrogen-bond acceptors (Lipinski definition) is 2. The molecule has 4 rings (SSSR count). The smallest absolute Gasteiger partial charge is 0.355 e. The van der Waals surface area contributed by atoms with E-state index in [1.54, 1.807) is 7.05 Å². The second kappa shape index (κ2) is 8.36. The number of benzene rings is 2. The molecule has 2 aromatic rings. The van der Waals surface area contributed by atoms with Crippen molar-refractivity contribution in [2.45, 2.75) is 37.4 Å². The zero-order valence-electron chi connectivity index (χ0n) is 17.2. The first-order valence-corrected chi connectivity index (χ1v) is 10.5. The van der Waals surface area contributed by atoms with Gasteiger partial charge in [-0.2, -0.15) is 13.2 Å². The molecule has 31 heavy (non-hydrogen) atoms. The maximum absolute atomic E-state index is 13.0. The number of likely N-dealkylation sites (tertiary alicyclic amines) is 1. The molecule has 1 aliphatic carbocycles. The highest BCUT2D eigenvalue weighted by molar-refractivity contribution is 5.85. The molecule has 1 heterocycles. The van der Waals surface area contributed by atoms with Crippen molar-refractivity contribution in [3.8, 4) is 0 Å². The van der Waals surface area contributed by atoms with Gasteiger partial charge in [-0.3, -0.25) is 9.59 Å². The topological polar surface area (TPSA) is 49.4 Å².